The molecule has 0 heterocycles. The number of methoxy groups -OCH3 is 1. The van der Waals surface area contributed by atoms with Crippen LogP contribution in [0.1, 0.15) is 5.56 Å². The van der Waals surface area contributed by atoms with E-state index in [1.54, 1.807) is 24.3 Å². The van der Waals surface area contributed by atoms with Crippen molar-refractivity contribution in [1.82, 2.24) is 0 Å². The van der Waals surface area contributed by atoms with Gasteiger partial charge in [0.2, 0.25) is 0 Å². The van der Waals surface area contributed by atoms with Crippen molar-refractivity contribution in [3.05, 3.63) is 52.0 Å². The lowest BCUT2D eigenvalue weighted by atomic mass is 10.2. The quantitative estimate of drug-likeness (QED) is 0.906. The summed E-state index contributed by atoms with van der Waals surface area (Å²) in [4.78, 5) is -0.101. The van der Waals surface area contributed by atoms with Crippen LogP contribution in [0.3, 0.4) is 0 Å². The molecule has 0 saturated heterocycles. The minimum Gasteiger partial charge on any atom is -0.495 e. The fourth-order valence-corrected chi connectivity index (χ4v) is 3.61. The molecule has 0 saturated carbocycles. The standard InChI is InChI=1S/C14H13Cl2NO3S/c1-9-3-5-10(6-4-9)17-21(18,19)14-8-11(15)13(20-2)7-12(14)16/h3-8,17H,1-2H3. The molecule has 1 N–H and O–H groups in total. The number of sulfonamides is 1. The minimum absolute atomic E-state index is 0.0378. The molecule has 0 spiro atoms. The molecule has 0 fully saturated rings. The van der Waals surface area contributed by atoms with Crippen LogP contribution in [0.2, 0.25) is 10.0 Å². The third-order valence-electron chi connectivity index (χ3n) is 2.80. The smallest absolute Gasteiger partial charge is 0.263 e. The van der Waals surface area contributed by atoms with E-state index in [4.69, 9.17) is 27.9 Å². The van der Waals surface area contributed by atoms with E-state index in [-0.39, 0.29) is 14.9 Å². The van der Waals surface area contributed by atoms with E-state index in [2.05, 4.69) is 4.72 Å². The zero-order valence-corrected chi connectivity index (χ0v) is 13.7. The van der Waals surface area contributed by atoms with Crippen LogP contribution in [0.25, 0.3) is 0 Å². The Balaban J connectivity index is 2.40. The lowest BCUT2D eigenvalue weighted by Gasteiger charge is -2.12. The Morgan fingerprint density at radius 2 is 1.67 bits per heavy atom. The minimum atomic E-state index is -3.83. The first-order chi connectivity index (χ1) is 9.83. The number of aryl methyl sites for hydroxylation is 1. The molecular formula is C14H13Cl2NO3S. The highest BCUT2D eigenvalue weighted by Crippen LogP contribution is 2.34. The van der Waals surface area contributed by atoms with Crippen LogP contribution in [-0.2, 0) is 10.0 Å². The molecule has 0 bridgehead atoms. The number of nitrogens with one attached hydrogen (secondary N) is 1. The van der Waals surface area contributed by atoms with Gasteiger partial charge in [-0.15, -0.1) is 0 Å². The summed E-state index contributed by atoms with van der Waals surface area (Å²) >= 11 is 12.0. The molecule has 0 radical (unpaired) electrons. The average molecular weight is 346 g/mol. The number of benzene rings is 2. The van der Waals surface area contributed by atoms with Crippen molar-refractivity contribution in [2.75, 3.05) is 11.8 Å². The molecule has 21 heavy (non-hydrogen) atoms. The number of hydrogen-bond acceptors (Lipinski definition) is 3. The summed E-state index contributed by atoms with van der Waals surface area (Å²) in [5.74, 6) is 0.316. The first-order valence-electron chi connectivity index (χ1n) is 5.96. The Morgan fingerprint density at radius 3 is 2.24 bits per heavy atom. The van der Waals surface area contributed by atoms with Gasteiger partial charge in [-0.1, -0.05) is 40.9 Å². The Labute approximate surface area is 133 Å². The molecule has 0 amide bonds. The van der Waals surface area contributed by atoms with Gasteiger partial charge in [0.1, 0.15) is 10.6 Å². The molecular weight excluding hydrogens is 333 g/mol. The van der Waals surface area contributed by atoms with Crippen molar-refractivity contribution in [3.8, 4) is 5.75 Å². The van der Waals surface area contributed by atoms with E-state index < -0.39 is 10.0 Å². The maximum atomic E-state index is 12.4. The fraction of sp³-hybridized carbons (Fsp3) is 0.143. The zero-order valence-electron chi connectivity index (χ0n) is 11.4. The molecule has 2 aromatic rings. The Hall–Kier alpha value is -1.43. The molecule has 0 aliphatic rings. The van der Waals surface area contributed by atoms with Crippen molar-refractivity contribution >= 4 is 38.9 Å². The van der Waals surface area contributed by atoms with Gasteiger partial charge in [0, 0.05) is 11.8 Å². The SMILES string of the molecule is COc1cc(Cl)c(S(=O)(=O)Nc2ccc(C)cc2)cc1Cl. The van der Waals surface area contributed by atoms with Gasteiger partial charge in [0.05, 0.1) is 17.2 Å². The van der Waals surface area contributed by atoms with Gasteiger partial charge in [-0.05, 0) is 25.1 Å². The van der Waals surface area contributed by atoms with Crippen LogP contribution in [0.5, 0.6) is 5.75 Å². The molecule has 2 rings (SSSR count). The Bertz CT molecular complexity index is 759. The summed E-state index contributed by atoms with van der Waals surface area (Å²) in [6, 6.07) is 9.59. The number of hydrogen-bond donors (Lipinski definition) is 1. The number of halogens is 2. The lowest BCUT2D eigenvalue weighted by molar-refractivity contribution is 0.414. The third kappa shape index (κ3) is 3.61. The zero-order chi connectivity index (χ0) is 15.6. The molecule has 4 nitrogen and oxygen atoms in total. The van der Waals surface area contributed by atoms with Crippen molar-refractivity contribution in [3.63, 3.8) is 0 Å². The third-order valence-corrected chi connectivity index (χ3v) is 4.94. The van der Waals surface area contributed by atoms with Gasteiger partial charge in [-0.3, -0.25) is 4.72 Å². The van der Waals surface area contributed by atoms with E-state index in [1.165, 1.54) is 19.2 Å². The molecule has 0 unspecified atom stereocenters. The molecule has 0 aliphatic carbocycles. The second-order valence-corrected chi connectivity index (χ2v) is 6.85. The maximum absolute atomic E-state index is 12.4. The topological polar surface area (TPSA) is 55.4 Å². The van der Waals surface area contributed by atoms with Gasteiger partial charge in [0.15, 0.2) is 0 Å². The number of rotatable bonds is 4. The number of ether oxygens (including phenoxy) is 1. The maximum Gasteiger partial charge on any atom is 0.263 e. The van der Waals surface area contributed by atoms with Crippen LogP contribution >= 0.6 is 23.2 Å². The van der Waals surface area contributed by atoms with E-state index in [1.807, 2.05) is 6.92 Å². The molecule has 0 atom stereocenters. The summed E-state index contributed by atoms with van der Waals surface area (Å²) in [5, 5.41) is 0.210. The fourth-order valence-electron chi connectivity index (χ4n) is 1.70. The summed E-state index contributed by atoms with van der Waals surface area (Å²) < 4.78 is 32.2. The van der Waals surface area contributed by atoms with Crippen LogP contribution in [0.4, 0.5) is 5.69 Å². The summed E-state index contributed by atoms with van der Waals surface area (Å²) in [6.45, 7) is 1.92. The van der Waals surface area contributed by atoms with Crippen LogP contribution < -0.4 is 9.46 Å². The predicted molar refractivity (Wildman–Crippen MR) is 85.0 cm³/mol. The monoisotopic (exact) mass is 345 g/mol. The highest BCUT2D eigenvalue weighted by molar-refractivity contribution is 7.92. The van der Waals surface area contributed by atoms with Gasteiger partial charge < -0.3 is 4.74 Å². The molecule has 0 aliphatic heterocycles. The van der Waals surface area contributed by atoms with Gasteiger partial charge in [0.25, 0.3) is 10.0 Å². The van der Waals surface area contributed by atoms with Crippen molar-refractivity contribution in [1.29, 1.82) is 0 Å². The molecule has 2 aromatic carbocycles. The summed E-state index contributed by atoms with van der Waals surface area (Å²) in [5.41, 5.74) is 1.48. The predicted octanol–water partition coefficient (Wildman–Crippen LogP) is 4.11. The van der Waals surface area contributed by atoms with E-state index in [0.717, 1.165) is 5.56 Å². The Kier molecular flexibility index (Phi) is 4.66. The van der Waals surface area contributed by atoms with Crippen molar-refractivity contribution in [2.24, 2.45) is 0 Å². The van der Waals surface area contributed by atoms with Crippen LogP contribution in [-0.4, -0.2) is 15.5 Å². The molecule has 7 heteroatoms. The first kappa shape index (κ1) is 15.9. The second-order valence-electron chi connectivity index (χ2n) is 4.39. The van der Waals surface area contributed by atoms with Crippen LogP contribution in [0, 0.1) is 6.92 Å². The largest absolute Gasteiger partial charge is 0.495 e. The Morgan fingerprint density at radius 1 is 1.05 bits per heavy atom. The average Bonchev–Trinajstić information content (AvgIpc) is 2.43. The van der Waals surface area contributed by atoms with E-state index in [0.29, 0.717) is 11.4 Å². The first-order valence-corrected chi connectivity index (χ1v) is 8.20. The summed E-state index contributed by atoms with van der Waals surface area (Å²) in [6.07, 6.45) is 0. The highest BCUT2D eigenvalue weighted by atomic mass is 35.5. The number of anilines is 1. The van der Waals surface area contributed by atoms with Gasteiger partial charge in [-0.2, -0.15) is 0 Å². The van der Waals surface area contributed by atoms with Crippen molar-refractivity contribution in [2.45, 2.75) is 11.8 Å². The second kappa shape index (κ2) is 6.13. The normalized spacial score (nSPS) is 11.2. The van der Waals surface area contributed by atoms with Gasteiger partial charge in [-0.25, -0.2) is 8.42 Å². The molecule has 112 valence electrons. The highest BCUT2D eigenvalue weighted by Gasteiger charge is 2.20. The van der Waals surface area contributed by atoms with E-state index in [9.17, 15) is 8.42 Å². The van der Waals surface area contributed by atoms with Crippen LogP contribution in [0.15, 0.2) is 41.3 Å². The van der Waals surface area contributed by atoms with Gasteiger partial charge >= 0.3 is 0 Å². The summed E-state index contributed by atoms with van der Waals surface area (Å²) in [7, 11) is -2.40. The van der Waals surface area contributed by atoms with Crippen molar-refractivity contribution < 1.29 is 13.2 Å². The molecule has 0 aromatic heterocycles. The lowest BCUT2D eigenvalue weighted by Crippen LogP contribution is -2.13. The van der Waals surface area contributed by atoms with E-state index >= 15 is 0 Å².